The van der Waals surface area contributed by atoms with E-state index in [-0.39, 0.29) is 28.8 Å². The van der Waals surface area contributed by atoms with Gasteiger partial charge in [0.1, 0.15) is 17.5 Å². The summed E-state index contributed by atoms with van der Waals surface area (Å²) in [6.45, 7) is 5.15. The molecule has 0 spiro atoms. The van der Waals surface area contributed by atoms with Crippen LogP contribution in [0.1, 0.15) is 26.3 Å². The number of alkyl carbamates (subject to hydrolysis) is 1. The third kappa shape index (κ3) is 6.91. The van der Waals surface area contributed by atoms with Crippen molar-refractivity contribution in [2.75, 3.05) is 16.4 Å². The van der Waals surface area contributed by atoms with Gasteiger partial charge in [0.15, 0.2) is 15.0 Å². The van der Waals surface area contributed by atoms with E-state index >= 15 is 0 Å². The number of hydrogen-bond donors (Lipinski definition) is 1. The predicted octanol–water partition coefficient (Wildman–Crippen LogP) is 4.33. The van der Waals surface area contributed by atoms with Crippen molar-refractivity contribution in [3.8, 4) is 0 Å². The number of amidine groups is 1. The van der Waals surface area contributed by atoms with Crippen LogP contribution in [0.4, 0.5) is 14.9 Å². The number of rotatable bonds is 5. The molecule has 0 radical (unpaired) electrons. The minimum absolute atomic E-state index is 0.0895. The Labute approximate surface area is 228 Å². The van der Waals surface area contributed by atoms with E-state index in [9.17, 15) is 22.4 Å². The average Bonchev–Trinajstić information content (AvgIpc) is 3.24. The third-order valence-electron chi connectivity index (χ3n) is 5.71. The second-order valence-electron chi connectivity index (χ2n) is 9.89. The highest BCUT2D eigenvalue weighted by molar-refractivity contribution is 9.10. The van der Waals surface area contributed by atoms with Crippen LogP contribution < -0.4 is 10.2 Å². The summed E-state index contributed by atoms with van der Waals surface area (Å²) in [5.74, 6) is -1.49. The van der Waals surface area contributed by atoms with Crippen LogP contribution in [0.3, 0.4) is 0 Å². The molecule has 2 saturated heterocycles. The number of aliphatic imine (C=N–C) groups is 1. The molecule has 0 aromatic heterocycles. The highest BCUT2D eigenvalue weighted by Gasteiger charge is 2.50. The molecule has 12 heteroatoms. The predicted molar refractivity (Wildman–Crippen MR) is 146 cm³/mol. The number of fused-ring (bicyclic) bond motifs is 1. The summed E-state index contributed by atoms with van der Waals surface area (Å²) >= 11 is 4.37. The van der Waals surface area contributed by atoms with Gasteiger partial charge < -0.3 is 15.0 Å². The summed E-state index contributed by atoms with van der Waals surface area (Å²) < 4.78 is 45.5. The molecule has 37 heavy (non-hydrogen) atoms. The molecule has 0 unspecified atom stereocenters. The number of anilines is 1. The molecule has 2 aliphatic rings. The largest absolute Gasteiger partial charge is 0.444 e. The van der Waals surface area contributed by atoms with Gasteiger partial charge in [-0.05, 0) is 44.5 Å². The van der Waals surface area contributed by atoms with Crippen LogP contribution in [0.25, 0.3) is 0 Å². The average molecular weight is 613 g/mol. The summed E-state index contributed by atoms with van der Waals surface area (Å²) in [6.07, 6.45) is -0.603. The standard InChI is InChI=1S/C25H27BrFN3O5S2/c1-25(2,3)35-24(32)28-18(11-15-7-5-4-6-8-15)22(31)29-23-30(19-10-9-16(26)12-17(19)27)20-13-37(33,34)14-21(20)36-23/h4-10,12,18,20-21H,11,13-14H2,1-3H3,(H,28,32)/t18-,20+,21+/m1/s1. The first-order chi connectivity index (χ1) is 17.3. The molecule has 2 aliphatic heterocycles. The van der Waals surface area contributed by atoms with Crippen LogP contribution in [-0.2, 0) is 25.8 Å². The molecule has 198 valence electrons. The molecule has 0 aliphatic carbocycles. The third-order valence-corrected chi connectivity index (χ3v) is 9.42. The van der Waals surface area contributed by atoms with Gasteiger partial charge in [0.2, 0.25) is 0 Å². The molecular weight excluding hydrogens is 585 g/mol. The van der Waals surface area contributed by atoms with Crippen LogP contribution >= 0.6 is 27.7 Å². The molecule has 8 nitrogen and oxygen atoms in total. The quantitative estimate of drug-likeness (QED) is 0.536. The number of halogens is 2. The maximum absolute atomic E-state index is 15.0. The number of sulfone groups is 1. The molecule has 0 bridgehead atoms. The van der Waals surface area contributed by atoms with Crippen LogP contribution in [-0.4, -0.2) is 60.0 Å². The number of hydrogen-bond acceptors (Lipinski definition) is 6. The minimum atomic E-state index is -3.32. The maximum atomic E-state index is 15.0. The Kier molecular flexibility index (Phi) is 8.01. The van der Waals surface area contributed by atoms with E-state index in [0.717, 1.165) is 17.3 Å². The minimum Gasteiger partial charge on any atom is -0.444 e. The summed E-state index contributed by atoms with van der Waals surface area (Å²) in [6, 6.07) is 12.0. The van der Waals surface area contributed by atoms with Gasteiger partial charge in [-0.25, -0.2) is 17.6 Å². The van der Waals surface area contributed by atoms with Crippen LogP contribution in [0.5, 0.6) is 0 Å². The van der Waals surface area contributed by atoms with Gasteiger partial charge >= 0.3 is 6.09 Å². The number of carbonyl (C=O) groups excluding carboxylic acids is 2. The van der Waals surface area contributed by atoms with Gasteiger partial charge in [-0.15, -0.1) is 0 Å². The Morgan fingerprint density at radius 3 is 2.57 bits per heavy atom. The first-order valence-corrected chi connectivity index (χ1v) is 15.1. The number of ether oxygens (including phenoxy) is 1. The molecule has 3 atom stereocenters. The van der Waals surface area contributed by atoms with Crippen molar-refractivity contribution in [2.45, 2.75) is 50.1 Å². The fraction of sp³-hybridized carbons (Fsp3) is 0.400. The zero-order valence-electron chi connectivity index (χ0n) is 20.5. The summed E-state index contributed by atoms with van der Waals surface area (Å²) in [7, 11) is -3.32. The number of benzene rings is 2. The summed E-state index contributed by atoms with van der Waals surface area (Å²) in [5, 5.41) is 2.41. The van der Waals surface area contributed by atoms with Crippen molar-refractivity contribution in [3.63, 3.8) is 0 Å². The van der Waals surface area contributed by atoms with Crippen molar-refractivity contribution in [3.05, 3.63) is 64.4 Å². The highest BCUT2D eigenvalue weighted by atomic mass is 79.9. The Morgan fingerprint density at radius 2 is 1.92 bits per heavy atom. The van der Waals surface area contributed by atoms with Crippen LogP contribution in [0, 0.1) is 5.82 Å². The van der Waals surface area contributed by atoms with E-state index in [1.165, 1.54) is 17.0 Å². The molecule has 2 aromatic carbocycles. The zero-order chi connectivity index (χ0) is 27.0. The summed E-state index contributed by atoms with van der Waals surface area (Å²) in [5.41, 5.74) is 0.165. The smallest absolute Gasteiger partial charge is 0.408 e. The van der Waals surface area contributed by atoms with E-state index in [2.05, 4.69) is 26.2 Å². The fourth-order valence-corrected chi connectivity index (χ4v) is 8.44. The van der Waals surface area contributed by atoms with Gasteiger partial charge in [0.25, 0.3) is 5.91 Å². The van der Waals surface area contributed by atoms with Crippen molar-refractivity contribution in [1.82, 2.24) is 5.32 Å². The normalized spacial score (nSPS) is 22.5. The first kappa shape index (κ1) is 27.6. The molecule has 2 amide bonds. The lowest BCUT2D eigenvalue weighted by molar-refractivity contribution is -0.119. The molecular formula is C25H27BrFN3O5S2. The number of amides is 2. The topological polar surface area (TPSA) is 105 Å². The Hall–Kier alpha value is -2.44. The van der Waals surface area contributed by atoms with Crippen LogP contribution in [0.2, 0.25) is 0 Å². The second-order valence-corrected chi connectivity index (χ2v) is 14.2. The zero-order valence-corrected chi connectivity index (χ0v) is 23.7. The lowest BCUT2D eigenvalue weighted by atomic mass is 10.1. The second kappa shape index (κ2) is 10.7. The van der Waals surface area contributed by atoms with Crippen molar-refractivity contribution < 1.29 is 27.1 Å². The lowest BCUT2D eigenvalue weighted by Gasteiger charge is -2.26. The Bertz CT molecular complexity index is 1330. The van der Waals surface area contributed by atoms with Crippen molar-refractivity contribution in [2.24, 2.45) is 4.99 Å². The molecule has 0 saturated carbocycles. The van der Waals surface area contributed by atoms with Gasteiger partial charge in [-0.3, -0.25) is 4.79 Å². The van der Waals surface area contributed by atoms with E-state index in [4.69, 9.17) is 4.74 Å². The number of nitrogens with zero attached hydrogens (tertiary/aromatic N) is 2. The van der Waals surface area contributed by atoms with Crippen molar-refractivity contribution >= 4 is 60.4 Å². The highest BCUT2D eigenvalue weighted by Crippen LogP contribution is 2.42. The van der Waals surface area contributed by atoms with E-state index < -0.39 is 50.6 Å². The SMILES string of the molecule is CC(C)(C)OC(=O)N[C@H](Cc1ccccc1)C(=O)N=C1S[C@H]2CS(=O)(=O)C[C@@H]2N1c1ccc(Br)cc1F. The lowest BCUT2D eigenvalue weighted by Crippen LogP contribution is -2.45. The van der Waals surface area contributed by atoms with E-state index in [1.807, 2.05) is 30.3 Å². The molecule has 2 fully saturated rings. The van der Waals surface area contributed by atoms with E-state index in [0.29, 0.717) is 4.47 Å². The Balaban J connectivity index is 1.67. The van der Waals surface area contributed by atoms with Gasteiger partial charge in [-0.1, -0.05) is 58.0 Å². The van der Waals surface area contributed by atoms with Crippen molar-refractivity contribution in [1.29, 1.82) is 0 Å². The number of thioether (sulfide) groups is 1. The van der Waals surface area contributed by atoms with Gasteiger partial charge in [0.05, 0.1) is 23.2 Å². The molecule has 2 aromatic rings. The van der Waals surface area contributed by atoms with Gasteiger partial charge in [-0.2, -0.15) is 4.99 Å². The van der Waals surface area contributed by atoms with E-state index in [1.54, 1.807) is 26.8 Å². The van der Waals surface area contributed by atoms with Crippen LogP contribution in [0.15, 0.2) is 58.0 Å². The summed E-state index contributed by atoms with van der Waals surface area (Å²) in [4.78, 5) is 31.8. The fourth-order valence-electron chi connectivity index (χ4n) is 4.19. The molecule has 2 heterocycles. The molecule has 1 N–H and O–H groups in total. The first-order valence-electron chi connectivity index (χ1n) is 11.6. The Morgan fingerprint density at radius 1 is 1.22 bits per heavy atom. The number of carbonyl (C=O) groups is 2. The monoisotopic (exact) mass is 611 g/mol. The number of nitrogens with one attached hydrogen (secondary N) is 1. The maximum Gasteiger partial charge on any atom is 0.408 e. The van der Waals surface area contributed by atoms with Gasteiger partial charge in [0, 0.05) is 16.1 Å². The molecule has 4 rings (SSSR count).